The zero-order valence-electron chi connectivity index (χ0n) is 30.3. The number of carbonyl (C=O) groups excluding carboxylic acids is 4. The van der Waals surface area contributed by atoms with Gasteiger partial charge in [0.15, 0.2) is 5.60 Å². The molecule has 9 nitrogen and oxygen atoms in total. The van der Waals surface area contributed by atoms with Crippen LogP contribution in [0.3, 0.4) is 0 Å². The number of amides is 4. The summed E-state index contributed by atoms with van der Waals surface area (Å²) < 4.78 is 75.1. The Balaban J connectivity index is 1.31. The molecule has 0 atom stereocenters. The Bertz CT molecular complexity index is 1670. The topological polar surface area (TPSA) is 99.3 Å². The van der Waals surface area contributed by atoms with Gasteiger partial charge in [-0.05, 0) is 108 Å². The predicted octanol–water partition coefficient (Wildman–Crippen LogP) is 7.28. The summed E-state index contributed by atoms with van der Waals surface area (Å²) in [6, 6.07) is 8.34. The van der Waals surface area contributed by atoms with E-state index in [0.29, 0.717) is 36.9 Å². The van der Waals surface area contributed by atoms with Crippen molar-refractivity contribution in [2.75, 3.05) is 24.5 Å². The van der Waals surface area contributed by atoms with Crippen molar-refractivity contribution in [3.63, 3.8) is 0 Å². The number of anilines is 1. The van der Waals surface area contributed by atoms with Crippen molar-refractivity contribution in [1.82, 2.24) is 15.1 Å². The van der Waals surface area contributed by atoms with Crippen molar-refractivity contribution in [2.24, 2.45) is 5.92 Å². The summed E-state index contributed by atoms with van der Waals surface area (Å²) >= 11 is 5.99. The highest BCUT2D eigenvalue weighted by molar-refractivity contribution is 6.30. The van der Waals surface area contributed by atoms with Crippen molar-refractivity contribution in [2.45, 2.75) is 115 Å². The largest absolute Gasteiger partial charge is 0.476 e. The third kappa shape index (κ3) is 9.60. The second-order valence-corrected chi connectivity index (χ2v) is 15.4. The van der Waals surface area contributed by atoms with Crippen LogP contribution >= 0.6 is 11.6 Å². The lowest BCUT2D eigenvalue weighted by atomic mass is 9.82. The van der Waals surface area contributed by atoms with E-state index in [0.717, 1.165) is 48.6 Å². The molecule has 2 aromatic rings. The molecular weight excluding hydrogens is 723 g/mol. The molecule has 2 fully saturated rings. The van der Waals surface area contributed by atoms with Crippen LogP contribution in [0.5, 0.6) is 5.75 Å². The van der Waals surface area contributed by atoms with E-state index >= 15 is 0 Å². The smallest absolute Gasteiger partial charge is 0.417 e. The van der Waals surface area contributed by atoms with Crippen LogP contribution in [-0.2, 0) is 27.0 Å². The third-order valence-electron chi connectivity index (χ3n) is 10.2. The molecule has 290 valence electrons. The van der Waals surface area contributed by atoms with Crippen molar-refractivity contribution in [3.05, 3.63) is 58.1 Å². The second-order valence-electron chi connectivity index (χ2n) is 14.9. The highest BCUT2D eigenvalue weighted by atomic mass is 35.5. The molecule has 1 heterocycles. The van der Waals surface area contributed by atoms with Crippen LogP contribution in [0.2, 0.25) is 5.02 Å². The number of alkyl halides is 5. The Morgan fingerprint density at radius 3 is 2.19 bits per heavy atom. The monoisotopic (exact) mass is 768 g/mol. The number of nitrogens with one attached hydrogen (secondary N) is 1. The van der Waals surface area contributed by atoms with E-state index in [9.17, 15) is 41.1 Å². The fourth-order valence-corrected chi connectivity index (χ4v) is 7.51. The zero-order chi connectivity index (χ0) is 38.8. The number of nitrogens with zero attached hydrogens (tertiary/aromatic N) is 3. The fourth-order valence-electron chi connectivity index (χ4n) is 7.39. The zero-order valence-corrected chi connectivity index (χ0v) is 31.0. The summed E-state index contributed by atoms with van der Waals surface area (Å²) in [6.45, 7) is 6.04. The van der Waals surface area contributed by atoms with Crippen LogP contribution in [0, 0.1) is 5.92 Å². The molecule has 3 aliphatic rings. The maximum atomic E-state index is 14.6. The normalized spacial score (nSPS) is 19.8. The Morgan fingerprint density at radius 1 is 1.00 bits per heavy atom. The van der Waals surface area contributed by atoms with E-state index in [-0.39, 0.29) is 41.9 Å². The molecule has 0 bridgehead atoms. The minimum absolute atomic E-state index is 0.0674. The SMILES string of the molecule is CC(C)N(C(=O)c1cc2c(cc1C(F)(F)F)OC(C)(C)C(=O)N2CCNC(=O)C(F)F)[C@H]1CC[C@@H](CCN(C(=O)Cc2ccc(Cl)cc2)C2CC2)CC1. The van der Waals surface area contributed by atoms with Gasteiger partial charge in [-0.3, -0.25) is 19.2 Å². The van der Waals surface area contributed by atoms with Crippen LogP contribution in [0.25, 0.3) is 0 Å². The molecule has 15 heteroatoms. The van der Waals surface area contributed by atoms with Crippen LogP contribution in [0.1, 0.15) is 94.1 Å². The minimum atomic E-state index is -4.95. The first kappa shape index (κ1) is 40.2. The molecule has 0 aromatic heterocycles. The summed E-state index contributed by atoms with van der Waals surface area (Å²) in [5, 5.41) is 2.60. The summed E-state index contributed by atoms with van der Waals surface area (Å²) in [5.41, 5.74) is -2.74. The second kappa shape index (κ2) is 16.2. The van der Waals surface area contributed by atoms with E-state index < -0.39 is 59.6 Å². The summed E-state index contributed by atoms with van der Waals surface area (Å²) in [5.74, 6) is -3.05. The number of fused-ring (bicyclic) bond motifs is 1. The van der Waals surface area contributed by atoms with Gasteiger partial charge in [-0.25, -0.2) is 0 Å². The van der Waals surface area contributed by atoms with Crippen molar-refractivity contribution in [1.29, 1.82) is 0 Å². The summed E-state index contributed by atoms with van der Waals surface area (Å²) in [6.07, 6.45) is -2.63. The first-order valence-electron chi connectivity index (χ1n) is 18.1. The van der Waals surface area contributed by atoms with E-state index in [2.05, 4.69) is 0 Å². The molecule has 1 aliphatic heterocycles. The fraction of sp³-hybridized carbons (Fsp3) is 0.579. The first-order chi connectivity index (χ1) is 24.9. The van der Waals surface area contributed by atoms with Crippen LogP contribution in [-0.4, -0.2) is 83.2 Å². The Labute approximate surface area is 311 Å². The number of carbonyl (C=O) groups is 4. The Hall–Kier alpha value is -3.94. The number of rotatable bonds is 13. The number of halogens is 6. The van der Waals surface area contributed by atoms with Gasteiger partial charge in [0.1, 0.15) is 5.75 Å². The maximum absolute atomic E-state index is 14.6. The van der Waals surface area contributed by atoms with Gasteiger partial charge in [-0.1, -0.05) is 23.7 Å². The van der Waals surface area contributed by atoms with Gasteiger partial charge >= 0.3 is 12.6 Å². The summed E-state index contributed by atoms with van der Waals surface area (Å²) in [4.78, 5) is 56.8. The molecule has 4 amide bonds. The average Bonchev–Trinajstić information content (AvgIpc) is 3.92. The minimum Gasteiger partial charge on any atom is -0.476 e. The molecule has 0 unspecified atom stereocenters. The lowest BCUT2D eigenvalue weighted by molar-refractivity contribution is -0.138. The highest BCUT2D eigenvalue weighted by Crippen LogP contribution is 2.45. The van der Waals surface area contributed by atoms with Gasteiger partial charge in [0.2, 0.25) is 5.91 Å². The molecule has 2 saturated carbocycles. The molecule has 2 aromatic carbocycles. The van der Waals surface area contributed by atoms with E-state index in [1.54, 1.807) is 26.0 Å². The molecular formula is C38H46ClF5N4O5. The average molecular weight is 769 g/mol. The van der Waals surface area contributed by atoms with Gasteiger partial charge in [0.05, 0.1) is 23.2 Å². The standard InChI is InChI=1S/C38H46ClF5N4O5/c1-22(2)48(27-11-7-23(8-12-27)15-17-46(26-13-14-26)32(49)19-24-5-9-25(39)10-6-24)35(51)28-20-30-31(21-29(28)38(42,43)44)53-37(3,4)36(52)47(30)18-16-45-34(50)33(40)41/h5-6,9-10,20-23,26-27,33H,7-8,11-19H2,1-4H3,(H,45,50)/t23-,27+. The first-order valence-corrected chi connectivity index (χ1v) is 18.4. The van der Waals surface area contributed by atoms with E-state index in [4.69, 9.17) is 16.3 Å². The lowest BCUT2D eigenvalue weighted by Gasteiger charge is -2.41. The van der Waals surface area contributed by atoms with Crippen LogP contribution in [0.4, 0.5) is 27.6 Å². The molecule has 0 spiro atoms. The van der Waals surface area contributed by atoms with Gasteiger partial charge in [-0.15, -0.1) is 0 Å². The third-order valence-corrected chi connectivity index (χ3v) is 10.5. The van der Waals surface area contributed by atoms with Gasteiger partial charge < -0.3 is 24.8 Å². The number of hydrogen-bond donors (Lipinski definition) is 1. The lowest BCUT2D eigenvalue weighted by Crippen LogP contribution is -2.54. The predicted molar refractivity (Wildman–Crippen MR) is 189 cm³/mol. The number of benzene rings is 2. The molecule has 5 rings (SSSR count). The number of ether oxygens (including phenoxy) is 1. The van der Waals surface area contributed by atoms with Crippen LogP contribution in [0.15, 0.2) is 36.4 Å². The molecule has 1 N–H and O–H groups in total. The van der Waals surface area contributed by atoms with Crippen molar-refractivity contribution >= 4 is 40.9 Å². The van der Waals surface area contributed by atoms with E-state index in [1.807, 2.05) is 22.3 Å². The van der Waals surface area contributed by atoms with Crippen LogP contribution < -0.4 is 15.0 Å². The highest BCUT2D eigenvalue weighted by Gasteiger charge is 2.45. The van der Waals surface area contributed by atoms with E-state index in [1.165, 1.54) is 18.7 Å². The molecule has 0 radical (unpaired) electrons. The maximum Gasteiger partial charge on any atom is 0.417 e. The number of hydrogen-bond acceptors (Lipinski definition) is 5. The molecule has 0 saturated heterocycles. The van der Waals surface area contributed by atoms with Gasteiger partial charge in [0, 0.05) is 42.8 Å². The molecule has 2 aliphatic carbocycles. The Morgan fingerprint density at radius 2 is 1.62 bits per heavy atom. The van der Waals surface area contributed by atoms with Gasteiger partial charge in [-0.2, -0.15) is 22.0 Å². The Kier molecular flexibility index (Phi) is 12.3. The van der Waals surface area contributed by atoms with Crippen molar-refractivity contribution in [3.8, 4) is 5.75 Å². The van der Waals surface area contributed by atoms with Gasteiger partial charge in [0.25, 0.3) is 17.7 Å². The summed E-state index contributed by atoms with van der Waals surface area (Å²) in [7, 11) is 0. The van der Waals surface area contributed by atoms with Crippen molar-refractivity contribution < 1.29 is 45.9 Å². The quantitative estimate of drug-likeness (QED) is 0.216. The molecule has 53 heavy (non-hydrogen) atoms.